The highest BCUT2D eigenvalue weighted by Crippen LogP contribution is 2.48. The maximum atomic E-state index is 13.3. The number of alkyl halides is 3. The molecule has 0 spiro atoms. The van der Waals surface area contributed by atoms with Crippen LogP contribution in [0.3, 0.4) is 0 Å². The van der Waals surface area contributed by atoms with Gasteiger partial charge in [0, 0.05) is 11.6 Å². The second kappa shape index (κ2) is 4.40. The van der Waals surface area contributed by atoms with Crippen molar-refractivity contribution in [2.45, 2.75) is 45.0 Å². The van der Waals surface area contributed by atoms with Gasteiger partial charge in [0.25, 0.3) is 5.72 Å². The molecule has 0 aromatic heterocycles. The van der Waals surface area contributed by atoms with E-state index >= 15 is 0 Å². The van der Waals surface area contributed by atoms with E-state index in [-0.39, 0.29) is 6.42 Å². The number of allylic oxidation sites excluding steroid dienone is 1. The Morgan fingerprint density at radius 1 is 1.58 bits per heavy atom. The molecule has 0 aromatic carbocycles. The Kier molecular flexibility index (Phi) is 3.28. The van der Waals surface area contributed by atoms with Crippen molar-refractivity contribution in [3.63, 3.8) is 0 Å². The molecule has 19 heavy (non-hydrogen) atoms. The number of hydrogen-bond acceptors (Lipinski definition) is 3. The molecule has 1 aliphatic heterocycles. The van der Waals surface area contributed by atoms with Gasteiger partial charge in [0.05, 0.1) is 5.92 Å². The van der Waals surface area contributed by atoms with Crippen LogP contribution in [0.25, 0.3) is 0 Å². The number of halogens is 3. The number of aliphatic hydroxyl groups is 1. The molecule has 1 saturated heterocycles. The van der Waals surface area contributed by atoms with E-state index < -0.39 is 29.6 Å². The van der Waals surface area contributed by atoms with E-state index in [1.807, 2.05) is 0 Å². The smallest absolute Gasteiger partial charge is 0.362 e. The summed E-state index contributed by atoms with van der Waals surface area (Å²) in [4.78, 5) is 11.9. The average molecular weight is 278 g/mol. The summed E-state index contributed by atoms with van der Waals surface area (Å²) in [5.41, 5.74) is -0.414. The van der Waals surface area contributed by atoms with Gasteiger partial charge in [0.2, 0.25) is 5.91 Å². The number of nitrogens with zero attached hydrogens (tertiary/aromatic N) is 1. The molecule has 0 bridgehead atoms. The van der Waals surface area contributed by atoms with Gasteiger partial charge < -0.3 is 5.11 Å². The van der Waals surface area contributed by atoms with E-state index in [2.05, 4.69) is 5.43 Å². The number of hydrazine groups is 1. The first kappa shape index (κ1) is 14.2. The highest BCUT2D eigenvalue weighted by atomic mass is 19.4. The number of carbonyl (C=O) groups excluding carboxylic acids is 1. The van der Waals surface area contributed by atoms with E-state index in [0.717, 1.165) is 0 Å². The second-order valence-corrected chi connectivity index (χ2v) is 5.31. The van der Waals surface area contributed by atoms with Crippen LogP contribution in [0.15, 0.2) is 11.8 Å². The fourth-order valence-electron chi connectivity index (χ4n) is 2.59. The lowest BCUT2D eigenvalue weighted by atomic mass is 9.84. The van der Waals surface area contributed by atoms with Crippen LogP contribution < -0.4 is 5.43 Å². The summed E-state index contributed by atoms with van der Waals surface area (Å²) < 4.78 is 39.8. The van der Waals surface area contributed by atoms with Crippen LogP contribution in [0.1, 0.15) is 33.1 Å². The Labute approximate surface area is 109 Å². The third kappa shape index (κ3) is 2.00. The lowest BCUT2D eigenvalue weighted by Gasteiger charge is -2.37. The molecule has 1 heterocycles. The third-order valence-electron chi connectivity index (χ3n) is 3.64. The van der Waals surface area contributed by atoms with Gasteiger partial charge in [-0.1, -0.05) is 19.9 Å². The van der Waals surface area contributed by atoms with E-state index in [1.54, 1.807) is 6.08 Å². The summed E-state index contributed by atoms with van der Waals surface area (Å²) in [5, 5.41) is 10.5. The number of hydrogen-bond donors (Lipinski definition) is 2. The summed E-state index contributed by atoms with van der Waals surface area (Å²) in [6, 6.07) is 0. The minimum atomic E-state index is -4.90. The van der Waals surface area contributed by atoms with E-state index in [0.29, 0.717) is 23.5 Å². The molecule has 108 valence electrons. The number of rotatable bonds is 1. The van der Waals surface area contributed by atoms with Crippen molar-refractivity contribution < 1.29 is 23.1 Å². The lowest BCUT2D eigenvalue weighted by Crippen LogP contribution is -2.63. The first-order valence-electron chi connectivity index (χ1n) is 6.29. The zero-order valence-electron chi connectivity index (χ0n) is 10.8. The molecular formula is C12H17F3N2O2. The van der Waals surface area contributed by atoms with Crippen molar-refractivity contribution in [2.75, 3.05) is 0 Å². The van der Waals surface area contributed by atoms with Gasteiger partial charge in [-0.05, 0) is 19.3 Å². The fraction of sp³-hybridized carbons (Fsp3) is 0.750. The Morgan fingerprint density at radius 2 is 2.21 bits per heavy atom. The summed E-state index contributed by atoms with van der Waals surface area (Å²) >= 11 is 0. The zero-order chi connectivity index (χ0) is 14.4. The first-order chi connectivity index (χ1) is 8.69. The second-order valence-electron chi connectivity index (χ2n) is 5.31. The van der Waals surface area contributed by atoms with E-state index in [9.17, 15) is 23.1 Å². The van der Waals surface area contributed by atoms with Crippen LogP contribution in [0.5, 0.6) is 0 Å². The molecule has 0 radical (unpaired) electrons. The monoisotopic (exact) mass is 278 g/mol. The maximum absolute atomic E-state index is 13.3. The van der Waals surface area contributed by atoms with Crippen molar-refractivity contribution in [1.29, 1.82) is 0 Å². The van der Waals surface area contributed by atoms with Crippen LogP contribution in [-0.4, -0.2) is 27.9 Å². The Bertz CT molecular complexity index is 420. The molecule has 4 nitrogen and oxygen atoms in total. The van der Waals surface area contributed by atoms with Gasteiger partial charge in [-0.3, -0.25) is 10.2 Å². The van der Waals surface area contributed by atoms with Crippen molar-refractivity contribution in [1.82, 2.24) is 10.4 Å². The number of carbonyl (C=O) groups is 1. The molecule has 2 atom stereocenters. The zero-order valence-corrected chi connectivity index (χ0v) is 10.8. The largest absolute Gasteiger partial charge is 0.439 e. The van der Waals surface area contributed by atoms with Crippen LogP contribution in [0.2, 0.25) is 0 Å². The molecule has 2 unspecified atom stereocenters. The summed E-state index contributed by atoms with van der Waals surface area (Å²) in [6.07, 6.45) is -1.86. The van der Waals surface area contributed by atoms with Crippen molar-refractivity contribution in [2.24, 2.45) is 11.8 Å². The van der Waals surface area contributed by atoms with Gasteiger partial charge in [-0.25, -0.2) is 5.01 Å². The molecule has 2 N–H and O–H groups in total. The molecular weight excluding hydrogens is 261 g/mol. The number of amides is 1. The minimum Gasteiger partial charge on any atom is -0.362 e. The van der Waals surface area contributed by atoms with Gasteiger partial charge in [0.1, 0.15) is 0 Å². The predicted molar refractivity (Wildman–Crippen MR) is 61.2 cm³/mol. The van der Waals surface area contributed by atoms with Gasteiger partial charge in [-0.2, -0.15) is 13.2 Å². The normalized spacial score (nSPS) is 31.0. The predicted octanol–water partition coefficient (Wildman–Crippen LogP) is 1.92. The van der Waals surface area contributed by atoms with Crippen LogP contribution in [0.4, 0.5) is 13.2 Å². The third-order valence-corrected chi connectivity index (χ3v) is 3.64. The maximum Gasteiger partial charge on any atom is 0.439 e. The molecule has 1 fully saturated rings. The van der Waals surface area contributed by atoms with Crippen molar-refractivity contribution in [3.8, 4) is 0 Å². The Hall–Kier alpha value is -1.24. The highest BCUT2D eigenvalue weighted by Gasteiger charge is 2.68. The van der Waals surface area contributed by atoms with Crippen molar-refractivity contribution in [3.05, 3.63) is 11.8 Å². The Balaban J connectivity index is 2.46. The highest BCUT2D eigenvalue weighted by molar-refractivity contribution is 5.79. The van der Waals surface area contributed by atoms with Gasteiger partial charge >= 0.3 is 6.18 Å². The van der Waals surface area contributed by atoms with E-state index in [1.165, 1.54) is 13.8 Å². The van der Waals surface area contributed by atoms with Crippen LogP contribution in [0, 0.1) is 11.8 Å². The first-order valence-corrected chi connectivity index (χ1v) is 6.29. The van der Waals surface area contributed by atoms with Crippen LogP contribution in [-0.2, 0) is 4.79 Å². The van der Waals surface area contributed by atoms with Gasteiger partial charge in [0.15, 0.2) is 0 Å². The van der Waals surface area contributed by atoms with E-state index in [4.69, 9.17) is 0 Å². The van der Waals surface area contributed by atoms with Crippen molar-refractivity contribution >= 4 is 5.91 Å². The average Bonchev–Trinajstić information content (AvgIpc) is 2.63. The lowest BCUT2D eigenvalue weighted by molar-refractivity contribution is -0.319. The van der Waals surface area contributed by atoms with Gasteiger partial charge in [-0.15, -0.1) is 0 Å². The fourth-order valence-corrected chi connectivity index (χ4v) is 2.59. The topological polar surface area (TPSA) is 52.6 Å². The minimum absolute atomic E-state index is 0.205. The molecule has 2 aliphatic rings. The molecule has 0 aromatic rings. The quantitative estimate of drug-likeness (QED) is 0.770. The summed E-state index contributed by atoms with van der Waals surface area (Å²) in [5.74, 6) is -2.53. The SMILES string of the molecule is CC(C)C(=O)N1NC2=CCCCC2C1(O)C(F)(F)F. The number of nitrogens with one attached hydrogen (secondary N) is 1. The molecule has 1 amide bonds. The standard InChI is InChI=1S/C12H17F3N2O2/c1-7(2)10(18)17-11(19,12(13,14)15)8-5-3-4-6-9(8)16-17/h6-8,16,19H,3-5H2,1-2H3. The molecule has 1 aliphatic carbocycles. The molecule has 0 saturated carbocycles. The summed E-state index contributed by atoms with van der Waals surface area (Å²) in [6.45, 7) is 2.99. The molecule has 2 rings (SSSR count). The van der Waals surface area contributed by atoms with Crippen LogP contribution >= 0.6 is 0 Å². The number of fused-ring (bicyclic) bond motifs is 1. The summed E-state index contributed by atoms with van der Waals surface area (Å²) in [7, 11) is 0. The Morgan fingerprint density at radius 3 is 2.74 bits per heavy atom. The molecule has 7 heteroatoms.